The molecule has 0 saturated carbocycles. The highest BCUT2D eigenvalue weighted by atomic mass is 16.3. The molecule has 100 valence electrons. The number of benzene rings is 1. The summed E-state index contributed by atoms with van der Waals surface area (Å²) in [6, 6.07) is 8.17. The van der Waals surface area contributed by atoms with Crippen molar-refractivity contribution in [1.82, 2.24) is 10.3 Å². The van der Waals surface area contributed by atoms with E-state index in [0.29, 0.717) is 0 Å². The minimum Gasteiger partial charge on any atom is -0.385 e. The summed E-state index contributed by atoms with van der Waals surface area (Å²) >= 11 is 0. The van der Waals surface area contributed by atoms with Crippen molar-refractivity contribution in [3.63, 3.8) is 0 Å². The molecule has 2 heterocycles. The number of nitrogens with zero attached hydrogens (tertiary/aromatic N) is 1. The molecule has 1 saturated heterocycles. The number of piperidine rings is 1. The zero-order valence-corrected chi connectivity index (χ0v) is 11.3. The van der Waals surface area contributed by atoms with Crippen molar-refractivity contribution >= 4 is 10.8 Å². The molecule has 0 spiro atoms. The van der Waals surface area contributed by atoms with E-state index in [0.717, 1.165) is 42.3 Å². The molecular weight excluding hydrogens is 236 g/mol. The molecule has 2 aromatic rings. The monoisotopic (exact) mass is 256 g/mol. The third kappa shape index (κ3) is 2.03. The third-order valence-electron chi connectivity index (χ3n) is 4.38. The fourth-order valence-electron chi connectivity index (χ4n) is 3.23. The van der Waals surface area contributed by atoms with Crippen LogP contribution in [0.5, 0.6) is 0 Å². The molecule has 3 heteroatoms. The second-order valence-electron chi connectivity index (χ2n) is 5.39. The van der Waals surface area contributed by atoms with Gasteiger partial charge in [-0.1, -0.05) is 31.2 Å². The van der Waals surface area contributed by atoms with Gasteiger partial charge in [-0.3, -0.25) is 4.98 Å². The SMILES string of the molecule is CCC1CNCCC1(O)c1cncc2ccccc12. The van der Waals surface area contributed by atoms with E-state index < -0.39 is 5.60 Å². The van der Waals surface area contributed by atoms with Gasteiger partial charge in [-0.2, -0.15) is 0 Å². The fourth-order valence-corrected chi connectivity index (χ4v) is 3.23. The van der Waals surface area contributed by atoms with Gasteiger partial charge in [0, 0.05) is 35.8 Å². The highest BCUT2D eigenvalue weighted by Crippen LogP contribution is 2.39. The van der Waals surface area contributed by atoms with Crippen LogP contribution < -0.4 is 5.32 Å². The summed E-state index contributed by atoms with van der Waals surface area (Å²) in [7, 11) is 0. The average molecular weight is 256 g/mol. The van der Waals surface area contributed by atoms with Crippen LogP contribution >= 0.6 is 0 Å². The lowest BCUT2D eigenvalue weighted by Crippen LogP contribution is -2.48. The lowest BCUT2D eigenvalue weighted by molar-refractivity contribution is -0.0468. The number of hydrogen-bond acceptors (Lipinski definition) is 3. The van der Waals surface area contributed by atoms with Gasteiger partial charge in [0.25, 0.3) is 0 Å². The summed E-state index contributed by atoms with van der Waals surface area (Å²) in [5.41, 5.74) is 0.229. The van der Waals surface area contributed by atoms with E-state index in [1.54, 1.807) is 0 Å². The van der Waals surface area contributed by atoms with Gasteiger partial charge in [-0.25, -0.2) is 0 Å². The van der Waals surface area contributed by atoms with Crippen LogP contribution in [0.2, 0.25) is 0 Å². The molecule has 2 unspecified atom stereocenters. The van der Waals surface area contributed by atoms with Crippen molar-refractivity contribution in [1.29, 1.82) is 0 Å². The van der Waals surface area contributed by atoms with Crippen molar-refractivity contribution in [2.45, 2.75) is 25.4 Å². The third-order valence-corrected chi connectivity index (χ3v) is 4.38. The molecule has 1 aromatic heterocycles. The Balaban J connectivity index is 2.16. The Labute approximate surface area is 113 Å². The van der Waals surface area contributed by atoms with Gasteiger partial charge in [0.2, 0.25) is 0 Å². The molecule has 2 atom stereocenters. The Morgan fingerprint density at radius 1 is 1.37 bits per heavy atom. The Morgan fingerprint density at radius 3 is 3.05 bits per heavy atom. The first-order valence-electron chi connectivity index (χ1n) is 7.02. The van der Waals surface area contributed by atoms with Crippen LogP contribution in [0.15, 0.2) is 36.7 Å². The van der Waals surface area contributed by atoms with Gasteiger partial charge >= 0.3 is 0 Å². The molecule has 1 aliphatic heterocycles. The molecular formula is C16H20N2O. The fraction of sp³-hybridized carbons (Fsp3) is 0.438. The zero-order valence-electron chi connectivity index (χ0n) is 11.3. The standard InChI is InChI=1S/C16H20N2O/c1-2-13-10-17-8-7-16(13,19)15-11-18-9-12-5-3-4-6-14(12)15/h3-6,9,11,13,17,19H,2,7-8,10H2,1H3. The highest BCUT2D eigenvalue weighted by molar-refractivity contribution is 5.85. The normalized spacial score (nSPS) is 27.6. The van der Waals surface area contributed by atoms with Crippen molar-refractivity contribution in [2.75, 3.05) is 13.1 Å². The van der Waals surface area contributed by atoms with Crippen molar-refractivity contribution in [3.8, 4) is 0 Å². The Bertz CT molecular complexity index is 578. The Hall–Kier alpha value is -1.45. The van der Waals surface area contributed by atoms with E-state index in [2.05, 4.69) is 29.4 Å². The summed E-state index contributed by atoms with van der Waals surface area (Å²) in [6.07, 6.45) is 5.43. The minimum atomic E-state index is -0.756. The highest BCUT2D eigenvalue weighted by Gasteiger charge is 2.40. The van der Waals surface area contributed by atoms with Crippen molar-refractivity contribution in [3.05, 3.63) is 42.2 Å². The first kappa shape index (κ1) is 12.6. The number of pyridine rings is 1. The van der Waals surface area contributed by atoms with Gasteiger partial charge in [-0.15, -0.1) is 0 Å². The topological polar surface area (TPSA) is 45.1 Å². The van der Waals surface area contributed by atoms with Crippen LogP contribution in [0.1, 0.15) is 25.3 Å². The van der Waals surface area contributed by atoms with Gasteiger partial charge in [-0.05, 0) is 24.8 Å². The molecule has 0 amide bonds. The summed E-state index contributed by atoms with van der Waals surface area (Å²) in [5.74, 6) is 0.244. The van der Waals surface area contributed by atoms with E-state index in [4.69, 9.17) is 0 Å². The van der Waals surface area contributed by atoms with E-state index >= 15 is 0 Å². The molecule has 19 heavy (non-hydrogen) atoms. The van der Waals surface area contributed by atoms with Crippen LogP contribution in [0.4, 0.5) is 0 Å². The molecule has 0 bridgehead atoms. The first-order valence-corrected chi connectivity index (χ1v) is 7.02. The quantitative estimate of drug-likeness (QED) is 0.867. The van der Waals surface area contributed by atoms with Crippen LogP contribution in [0, 0.1) is 5.92 Å². The summed E-state index contributed by atoms with van der Waals surface area (Å²) in [6.45, 7) is 3.87. The molecule has 1 fully saturated rings. The second-order valence-corrected chi connectivity index (χ2v) is 5.39. The van der Waals surface area contributed by atoms with E-state index in [1.807, 2.05) is 24.5 Å². The van der Waals surface area contributed by atoms with Gasteiger partial charge in [0.15, 0.2) is 0 Å². The number of nitrogens with one attached hydrogen (secondary N) is 1. The lowest BCUT2D eigenvalue weighted by atomic mass is 9.74. The van der Waals surface area contributed by atoms with Crippen LogP contribution in [0.25, 0.3) is 10.8 Å². The summed E-state index contributed by atoms with van der Waals surface area (Å²) in [5, 5.41) is 16.8. The lowest BCUT2D eigenvalue weighted by Gasteiger charge is -2.40. The van der Waals surface area contributed by atoms with Gasteiger partial charge in [0.1, 0.15) is 0 Å². The van der Waals surface area contributed by atoms with E-state index in [1.165, 1.54) is 0 Å². The summed E-state index contributed by atoms with van der Waals surface area (Å²) in [4.78, 5) is 4.32. The predicted molar refractivity (Wildman–Crippen MR) is 76.9 cm³/mol. The number of aromatic nitrogens is 1. The predicted octanol–water partition coefficient (Wildman–Crippen LogP) is 2.44. The maximum Gasteiger partial charge on any atom is 0.0969 e. The van der Waals surface area contributed by atoms with Crippen LogP contribution in [0.3, 0.4) is 0 Å². The largest absolute Gasteiger partial charge is 0.385 e. The maximum atomic E-state index is 11.2. The molecule has 0 radical (unpaired) electrons. The smallest absolute Gasteiger partial charge is 0.0969 e. The average Bonchev–Trinajstić information content (AvgIpc) is 2.47. The van der Waals surface area contributed by atoms with Crippen LogP contribution in [-0.2, 0) is 5.60 Å². The second kappa shape index (κ2) is 4.91. The van der Waals surface area contributed by atoms with Gasteiger partial charge in [0.05, 0.1) is 5.60 Å². The minimum absolute atomic E-state index is 0.244. The molecule has 3 nitrogen and oxygen atoms in total. The van der Waals surface area contributed by atoms with E-state index in [9.17, 15) is 5.11 Å². The van der Waals surface area contributed by atoms with Crippen molar-refractivity contribution < 1.29 is 5.11 Å². The molecule has 3 rings (SSSR count). The van der Waals surface area contributed by atoms with Crippen molar-refractivity contribution in [2.24, 2.45) is 5.92 Å². The molecule has 1 aliphatic rings. The zero-order chi connectivity index (χ0) is 13.3. The Kier molecular flexibility index (Phi) is 3.25. The van der Waals surface area contributed by atoms with E-state index in [-0.39, 0.29) is 5.92 Å². The molecule has 0 aliphatic carbocycles. The number of hydrogen-bond donors (Lipinski definition) is 2. The number of aliphatic hydroxyl groups is 1. The maximum absolute atomic E-state index is 11.2. The number of rotatable bonds is 2. The van der Waals surface area contributed by atoms with Gasteiger partial charge < -0.3 is 10.4 Å². The number of fused-ring (bicyclic) bond motifs is 1. The molecule has 2 N–H and O–H groups in total. The molecule has 1 aromatic carbocycles. The Morgan fingerprint density at radius 2 is 2.21 bits per heavy atom. The van der Waals surface area contributed by atoms with Crippen LogP contribution in [-0.4, -0.2) is 23.2 Å². The first-order chi connectivity index (χ1) is 9.25. The summed E-state index contributed by atoms with van der Waals surface area (Å²) < 4.78 is 0.